The fourth-order valence-electron chi connectivity index (χ4n) is 1.78. The second-order valence-corrected chi connectivity index (χ2v) is 5.97. The summed E-state index contributed by atoms with van der Waals surface area (Å²) in [5, 5.41) is 0. The maximum Gasteiger partial charge on any atom is 0.153 e. The van der Waals surface area contributed by atoms with Crippen LogP contribution in [0.2, 0.25) is 0 Å². The molecule has 0 aliphatic rings. The minimum Gasteiger partial charge on any atom is -0.487 e. The van der Waals surface area contributed by atoms with Gasteiger partial charge in [0.1, 0.15) is 12.4 Å². The lowest BCUT2D eigenvalue weighted by Gasteiger charge is -2.11. The van der Waals surface area contributed by atoms with Crippen LogP contribution in [0.15, 0.2) is 45.3 Å². The van der Waals surface area contributed by atoms with Gasteiger partial charge in [-0.1, -0.05) is 45.8 Å². The van der Waals surface area contributed by atoms with Crippen molar-refractivity contribution in [1.29, 1.82) is 0 Å². The van der Waals surface area contributed by atoms with Crippen LogP contribution in [0.25, 0.3) is 0 Å². The molecule has 98 valence electrons. The van der Waals surface area contributed by atoms with E-state index in [9.17, 15) is 4.79 Å². The number of carbonyl (C=O) groups is 1. The molecule has 0 aliphatic heterocycles. The van der Waals surface area contributed by atoms with Gasteiger partial charge in [0.15, 0.2) is 6.29 Å². The van der Waals surface area contributed by atoms with Crippen molar-refractivity contribution in [2.45, 2.75) is 13.5 Å². The Labute approximate surface area is 129 Å². The van der Waals surface area contributed by atoms with Gasteiger partial charge in [0.25, 0.3) is 0 Å². The van der Waals surface area contributed by atoms with E-state index >= 15 is 0 Å². The number of rotatable bonds is 4. The minimum absolute atomic E-state index is 0.433. The number of hydrogen-bond acceptors (Lipinski definition) is 2. The SMILES string of the molecule is Cc1cccc(COc2c(Br)cc(Br)cc2C=O)c1. The number of hydrogen-bond donors (Lipinski definition) is 0. The molecule has 0 saturated heterocycles. The van der Waals surface area contributed by atoms with E-state index in [4.69, 9.17) is 4.74 Å². The van der Waals surface area contributed by atoms with Crippen LogP contribution in [0.1, 0.15) is 21.5 Å². The monoisotopic (exact) mass is 382 g/mol. The first-order valence-electron chi connectivity index (χ1n) is 5.72. The molecule has 0 unspecified atom stereocenters. The van der Waals surface area contributed by atoms with E-state index < -0.39 is 0 Å². The van der Waals surface area contributed by atoms with Crippen molar-refractivity contribution in [3.63, 3.8) is 0 Å². The van der Waals surface area contributed by atoms with Gasteiger partial charge in [-0.25, -0.2) is 0 Å². The Morgan fingerprint density at radius 1 is 1.21 bits per heavy atom. The molecule has 19 heavy (non-hydrogen) atoms. The van der Waals surface area contributed by atoms with Gasteiger partial charge in [0.05, 0.1) is 10.0 Å². The van der Waals surface area contributed by atoms with Gasteiger partial charge in [-0.05, 0) is 40.5 Å². The zero-order valence-corrected chi connectivity index (χ0v) is 13.5. The van der Waals surface area contributed by atoms with Crippen LogP contribution in [0, 0.1) is 6.92 Å². The Kier molecular flexibility index (Phi) is 4.77. The molecule has 0 amide bonds. The fourth-order valence-corrected chi connectivity index (χ4v) is 3.15. The van der Waals surface area contributed by atoms with Crippen LogP contribution in [0.4, 0.5) is 0 Å². The highest BCUT2D eigenvalue weighted by atomic mass is 79.9. The molecule has 2 rings (SSSR count). The van der Waals surface area contributed by atoms with Crippen LogP contribution in [-0.2, 0) is 6.61 Å². The van der Waals surface area contributed by atoms with E-state index in [1.165, 1.54) is 5.56 Å². The molecule has 0 bridgehead atoms. The number of carbonyl (C=O) groups excluding carboxylic acids is 1. The fraction of sp³-hybridized carbons (Fsp3) is 0.133. The number of benzene rings is 2. The summed E-state index contributed by atoms with van der Waals surface area (Å²) in [6.07, 6.45) is 0.793. The average molecular weight is 384 g/mol. The van der Waals surface area contributed by atoms with Gasteiger partial charge in [-0.3, -0.25) is 4.79 Å². The first-order valence-corrected chi connectivity index (χ1v) is 7.31. The molecule has 0 spiro atoms. The summed E-state index contributed by atoms with van der Waals surface area (Å²) in [5.41, 5.74) is 2.78. The van der Waals surface area contributed by atoms with Gasteiger partial charge in [-0.2, -0.15) is 0 Å². The lowest BCUT2D eigenvalue weighted by molar-refractivity contribution is 0.111. The summed E-state index contributed by atoms with van der Waals surface area (Å²) in [6, 6.07) is 11.7. The molecule has 2 aromatic carbocycles. The number of aryl methyl sites for hydroxylation is 1. The normalized spacial score (nSPS) is 10.3. The summed E-state index contributed by atoms with van der Waals surface area (Å²) in [5.74, 6) is 0.569. The molecule has 2 aromatic rings. The summed E-state index contributed by atoms with van der Waals surface area (Å²) >= 11 is 6.76. The molecule has 0 heterocycles. The van der Waals surface area contributed by atoms with Crippen molar-refractivity contribution in [3.8, 4) is 5.75 Å². The topological polar surface area (TPSA) is 26.3 Å². The first-order chi connectivity index (χ1) is 9.10. The van der Waals surface area contributed by atoms with Crippen molar-refractivity contribution in [3.05, 3.63) is 62.0 Å². The highest BCUT2D eigenvalue weighted by molar-refractivity contribution is 9.11. The standard InChI is InChI=1S/C15H12Br2O2/c1-10-3-2-4-11(5-10)9-19-15-12(8-18)6-13(16)7-14(15)17/h2-8H,9H2,1H3. The lowest BCUT2D eigenvalue weighted by Crippen LogP contribution is -1.99. The maximum absolute atomic E-state index is 11.1. The molecule has 0 N–H and O–H groups in total. The smallest absolute Gasteiger partial charge is 0.153 e. The van der Waals surface area contributed by atoms with E-state index in [1.54, 1.807) is 6.07 Å². The molecule has 0 radical (unpaired) electrons. The Bertz CT molecular complexity index is 609. The zero-order valence-electron chi connectivity index (χ0n) is 10.3. The third-order valence-electron chi connectivity index (χ3n) is 2.63. The predicted molar refractivity (Wildman–Crippen MR) is 82.7 cm³/mol. The summed E-state index contributed by atoms with van der Waals surface area (Å²) in [4.78, 5) is 11.1. The quantitative estimate of drug-likeness (QED) is 0.701. The van der Waals surface area contributed by atoms with Crippen LogP contribution >= 0.6 is 31.9 Å². The largest absolute Gasteiger partial charge is 0.487 e. The molecule has 0 fully saturated rings. The second-order valence-electron chi connectivity index (χ2n) is 4.20. The molecule has 2 nitrogen and oxygen atoms in total. The molecule has 0 aliphatic carbocycles. The molecular weight excluding hydrogens is 372 g/mol. The summed E-state index contributed by atoms with van der Waals surface area (Å²) in [6.45, 7) is 2.47. The number of halogens is 2. The van der Waals surface area contributed by atoms with Crippen LogP contribution < -0.4 is 4.74 Å². The van der Waals surface area contributed by atoms with Crippen LogP contribution in [0.3, 0.4) is 0 Å². The van der Waals surface area contributed by atoms with E-state index in [1.807, 2.05) is 31.2 Å². The van der Waals surface area contributed by atoms with Crippen molar-refractivity contribution in [1.82, 2.24) is 0 Å². The van der Waals surface area contributed by atoms with Gasteiger partial charge >= 0.3 is 0 Å². The van der Waals surface area contributed by atoms with Crippen molar-refractivity contribution >= 4 is 38.1 Å². The van der Waals surface area contributed by atoms with Gasteiger partial charge in [0.2, 0.25) is 0 Å². The molecule has 0 atom stereocenters. The number of ether oxygens (including phenoxy) is 1. The molecule has 0 aromatic heterocycles. The van der Waals surface area contributed by atoms with Crippen molar-refractivity contribution in [2.75, 3.05) is 0 Å². The molecular formula is C15H12Br2O2. The Hall–Kier alpha value is -1.13. The molecule has 4 heteroatoms. The van der Waals surface area contributed by atoms with Crippen molar-refractivity contribution in [2.24, 2.45) is 0 Å². The van der Waals surface area contributed by atoms with Crippen LogP contribution in [-0.4, -0.2) is 6.29 Å². The second kappa shape index (κ2) is 6.35. The Morgan fingerprint density at radius 2 is 2.00 bits per heavy atom. The molecule has 0 saturated carbocycles. The van der Waals surface area contributed by atoms with E-state index in [0.29, 0.717) is 17.9 Å². The van der Waals surface area contributed by atoms with Crippen molar-refractivity contribution < 1.29 is 9.53 Å². The first kappa shape index (κ1) is 14.3. The van der Waals surface area contributed by atoms with E-state index in [0.717, 1.165) is 20.8 Å². The highest BCUT2D eigenvalue weighted by Gasteiger charge is 2.10. The van der Waals surface area contributed by atoms with Gasteiger partial charge < -0.3 is 4.74 Å². The zero-order chi connectivity index (χ0) is 13.8. The van der Waals surface area contributed by atoms with Gasteiger partial charge in [0, 0.05) is 4.47 Å². The highest BCUT2D eigenvalue weighted by Crippen LogP contribution is 2.32. The Balaban J connectivity index is 2.22. The third kappa shape index (κ3) is 3.67. The minimum atomic E-state index is 0.433. The summed E-state index contributed by atoms with van der Waals surface area (Å²) < 4.78 is 7.35. The summed E-state index contributed by atoms with van der Waals surface area (Å²) in [7, 11) is 0. The Morgan fingerprint density at radius 3 is 2.68 bits per heavy atom. The predicted octanol–water partition coefficient (Wildman–Crippen LogP) is 4.91. The third-order valence-corrected chi connectivity index (χ3v) is 3.68. The van der Waals surface area contributed by atoms with Crippen LogP contribution in [0.5, 0.6) is 5.75 Å². The van der Waals surface area contributed by atoms with E-state index in [-0.39, 0.29) is 0 Å². The maximum atomic E-state index is 11.1. The lowest BCUT2D eigenvalue weighted by atomic mass is 10.1. The van der Waals surface area contributed by atoms with Gasteiger partial charge in [-0.15, -0.1) is 0 Å². The number of aldehydes is 1. The van der Waals surface area contributed by atoms with E-state index in [2.05, 4.69) is 37.9 Å². The average Bonchev–Trinajstić information content (AvgIpc) is 2.37.